The second kappa shape index (κ2) is 3.33. The highest BCUT2D eigenvalue weighted by molar-refractivity contribution is 5.89. The molecule has 82 valence electrons. The van der Waals surface area contributed by atoms with Crippen LogP contribution >= 0.6 is 0 Å². The third-order valence-electron chi connectivity index (χ3n) is 2.78. The van der Waals surface area contributed by atoms with Gasteiger partial charge in [0.25, 0.3) is 0 Å². The molecule has 3 rings (SSSR count). The van der Waals surface area contributed by atoms with Gasteiger partial charge in [-0.15, -0.1) is 0 Å². The van der Waals surface area contributed by atoms with E-state index in [1.54, 1.807) is 6.07 Å². The minimum atomic E-state index is -0.439. The van der Waals surface area contributed by atoms with E-state index in [2.05, 4.69) is 9.72 Å². The van der Waals surface area contributed by atoms with E-state index in [9.17, 15) is 4.79 Å². The van der Waals surface area contributed by atoms with Crippen LogP contribution in [0.5, 0.6) is 0 Å². The standard InChI is InChI=1S/C12H11NO3/c1-15-12(14)9-5-4-8-6-10(7-2-3-7)16-11(8)13-9/h4-7H,2-3H2,1H3. The lowest BCUT2D eigenvalue weighted by molar-refractivity contribution is 0.0594. The van der Waals surface area contributed by atoms with Crippen molar-refractivity contribution < 1.29 is 13.9 Å². The van der Waals surface area contributed by atoms with Gasteiger partial charge in [-0.25, -0.2) is 9.78 Å². The van der Waals surface area contributed by atoms with E-state index >= 15 is 0 Å². The maximum atomic E-state index is 11.3. The Labute approximate surface area is 92.2 Å². The highest BCUT2D eigenvalue weighted by atomic mass is 16.5. The summed E-state index contributed by atoms with van der Waals surface area (Å²) >= 11 is 0. The smallest absolute Gasteiger partial charge is 0.356 e. The molecule has 0 bridgehead atoms. The number of rotatable bonds is 2. The molecule has 0 aromatic carbocycles. The van der Waals surface area contributed by atoms with Gasteiger partial charge in [-0.05, 0) is 31.0 Å². The number of methoxy groups -OCH3 is 1. The van der Waals surface area contributed by atoms with Crippen molar-refractivity contribution in [2.24, 2.45) is 0 Å². The van der Waals surface area contributed by atoms with Crippen LogP contribution in [0.2, 0.25) is 0 Å². The van der Waals surface area contributed by atoms with Gasteiger partial charge in [-0.2, -0.15) is 0 Å². The number of hydrogen-bond donors (Lipinski definition) is 0. The molecule has 0 N–H and O–H groups in total. The van der Waals surface area contributed by atoms with E-state index < -0.39 is 5.97 Å². The lowest BCUT2D eigenvalue weighted by Crippen LogP contribution is -2.03. The van der Waals surface area contributed by atoms with Crippen LogP contribution in [0, 0.1) is 0 Å². The summed E-state index contributed by atoms with van der Waals surface area (Å²) in [6.07, 6.45) is 2.37. The molecule has 16 heavy (non-hydrogen) atoms. The molecule has 0 atom stereocenters. The van der Waals surface area contributed by atoms with Crippen LogP contribution in [0.15, 0.2) is 22.6 Å². The van der Waals surface area contributed by atoms with Crippen molar-refractivity contribution in [2.75, 3.05) is 7.11 Å². The van der Waals surface area contributed by atoms with Crippen LogP contribution in [0.4, 0.5) is 0 Å². The Morgan fingerprint density at radius 3 is 3.00 bits per heavy atom. The summed E-state index contributed by atoms with van der Waals surface area (Å²) in [6, 6.07) is 5.49. The van der Waals surface area contributed by atoms with Crippen LogP contribution in [0.25, 0.3) is 11.1 Å². The average molecular weight is 217 g/mol. The van der Waals surface area contributed by atoms with Gasteiger partial charge in [0.2, 0.25) is 5.71 Å². The fraction of sp³-hybridized carbons (Fsp3) is 0.333. The summed E-state index contributed by atoms with van der Waals surface area (Å²) in [5.41, 5.74) is 0.802. The molecule has 4 nitrogen and oxygen atoms in total. The second-order valence-electron chi connectivity index (χ2n) is 4.01. The van der Waals surface area contributed by atoms with Crippen molar-refractivity contribution in [3.05, 3.63) is 29.7 Å². The third-order valence-corrected chi connectivity index (χ3v) is 2.78. The molecule has 2 heterocycles. The van der Waals surface area contributed by atoms with Gasteiger partial charge in [0.1, 0.15) is 5.76 Å². The second-order valence-corrected chi connectivity index (χ2v) is 4.01. The van der Waals surface area contributed by atoms with E-state index in [0.29, 0.717) is 11.6 Å². The zero-order valence-electron chi connectivity index (χ0n) is 8.90. The number of carbonyl (C=O) groups is 1. The van der Waals surface area contributed by atoms with Gasteiger partial charge in [0, 0.05) is 11.3 Å². The first-order chi connectivity index (χ1) is 7.78. The maximum Gasteiger partial charge on any atom is 0.356 e. The molecule has 0 amide bonds. The van der Waals surface area contributed by atoms with Gasteiger partial charge in [-0.1, -0.05) is 0 Å². The van der Waals surface area contributed by atoms with Crippen molar-refractivity contribution in [1.82, 2.24) is 4.98 Å². The SMILES string of the molecule is COC(=O)c1ccc2cc(C3CC3)oc2n1. The highest BCUT2D eigenvalue weighted by Crippen LogP contribution is 2.41. The Morgan fingerprint density at radius 1 is 1.50 bits per heavy atom. The van der Waals surface area contributed by atoms with Crippen LogP contribution in [0.3, 0.4) is 0 Å². The maximum absolute atomic E-state index is 11.3. The molecule has 0 saturated heterocycles. The highest BCUT2D eigenvalue weighted by Gasteiger charge is 2.27. The largest absolute Gasteiger partial charge is 0.464 e. The monoisotopic (exact) mass is 217 g/mol. The minimum Gasteiger partial charge on any atom is -0.464 e. The van der Waals surface area contributed by atoms with Crippen LogP contribution in [0.1, 0.15) is 35.0 Å². The van der Waals surface area contributed by atoms with Crippen molar-refractivity contribution in [3.8, 4) is 0 Å². The van der Waals surface area contributed by atoms with Gasteiger partial charge in [-0.3, -0.25) is 0 Å². The van der Waals surface area contributed by atoms with E-state index in [1.165, 1.54) is 20.0 Å². The first-order valence-corrected chi connectivity index (χ1v) is 5.27. The topological polar surface area (TPSA) is 52.3 Å². The molecule has 1 fully saturated rings. The quantitative estimate of drug-likeness (QED) is 0.725. The average Bonchev–Trinajstić information content (AvgIpc) is 3.07. The first-order valence-electron chi connectivity index (χ1n) is 5.27. The number of fused-ring (bicyclic) bond motifs is 1. The van der Waals surface area contributed by atoms with E-state index in [-0.39, 0.29) is 5.69 Å². The molecule has 2 aromatic heterocycles. The van der Waals surface area contributed by atoms with E-state index in [4.69, 9.17) is 4.42 Å². The molecule has 0 radical (unpaired) electrons. The zero-order valence-corrected chi connectivity index (χ0v) is 8.90. The van der Waals surface area contributed by atoms with Gasteiger partial charge in [0.15, 0.2) is 5.69 Å². The predicted molar refractivity (Wildman–Crippen MR) is 57.3 cm³/mol. The molecule has 0 unspecified atom stereocenters. The summed E-state index contributed by atoms with van der Waals surface area (Å²) in [4.78, 5) is 15.4. The molecule has 0 aliphatic heterocycles. The Balaban J connectivity index is 2.06. The molecular weight excluding hydrogens is 206 g/mol. The normalized spacial score (nSPS) is 15.3. The molecule has 4 heteroatoms. The van der Waals surface area contributed by atoms with Crippen molar-refractivity contribution in [1.29, 1.82) is 0 Å². The summed E-state index contributed by atoms with van der Waals surface area (Å²) in [7, 11) is 1.34. The molecular formula is C12H11NO3. The summed E-state index contributed by atoms with van der Waals surface area (Å²) in [5, 5.41) is 0.939. The zero-order chi connectivity index (χ0) is 11.1. The van der Waals surface area contributed by atoms with E-state index in [0.717, 1.165) is 11.1 Å². The number of carbonyl (C=O) groups excluding carboxylic acids is 1. The lowest BCUT2D eigenvalue weighted by Gasteiger charge is -1.96. The fourth-order valence-electron chi connectivity index (χ4n) is 1.72. The number of esters is 1. The van der Waals surface area contributed by atoms with Gasteiger partial charge >= 0.3 is 5.97 Å². The number of nitrogens with zero attached hydrogens (tertiary/aromatic N) is 1. The minimum absolute atomic E-state index is 0.284. The molecule has 2 aromatic rings. The van der Waals surface area contributed by atoms with Crippen molar-refractivity contribution in [3.63, 3.8) is 0 Å². The van der Waals surface area contributed by atoms with Crippen molar-refractivity contribution in [2.45, 2.75) is 18.8 Å². The fourth-order valence-corrected chi connectivity index (χ4v) is 1.72. The Hall–Kier alpha value is -1.84. The van der Waals surface area contributed by atoms with Crippen molar-refractivity contribution >= 4 is 17.1 Å². The van der Waals surface area contributed by atoms with E-state index in [1.807, 2.05) is 12.1 Å². The van der Waals surface area contributed by atoms with Gasteiger partial charge < -0.3 is 9.15 Å². The number of ether oxygens (including phenoxy) is 1. The van der Waals surface area contributed by atoms with Crippen LogP contribution in [-0.2, 0) is 4.74 Å². The first kappa shape index (κ1) is 9.39. The predicted octanol–water partition coefficient (Wildman–Crippen LogP) is 2.49. The number of hydrogen-bond acceptors (Lipinski definition) is 4. The molecule has 1 aliphatic carbocycles. The molecule has 1 aliphatic rings. The summed E-state index contributed by atoms with van der Waals surface area (Å²) < 4.78 is 10.2. The van der Waals surface area contributed by atoms with Gasteiger partial charge in [0.05, 0.1) is 7.11 Å². The Kier molecular flexibility index (Phi) is 1.96. The summed E-state index contributed by atoms with van der Waals surface area (Å²) in [5.74, 6) is 1.09. The Bertz CT molecular complexity index is 554. The lowest BCUT2D eigenvalue weighted by atomic mass is 10.2. The van der Waals surface area contributed by atoms with Crippen LogP contribution < -0.4 is 0 Å². The Morgan fingerprint density at radius 2 is 2.31 bits per heavy atom. The number of furan rings is 1. The number of pyridine rings is 1. The molecule has 1 saturated carbocycles. The number of aromatic nitrogens is 1. The summed E-state index contributed by atoms with van der Waals surface area (Å²) in [6.45, 7) is 0. The van der Waals surface area contributed by atoms with Crippen LogP contribution in [-0.4, -0.2) is 18.1 Å². The molecule has 0 spiro atoms. The third kappa shape index (κ3) is 1.46.